The van der Waals surface area contributed by atoms with E-state index in [1.807, 2.05) is 0 Å². The molecule has 2 rings (SSSR count). The van der Waals surface area contributed by atoms with Crippen molar-refractivity contribution >= 4 is 34.6 Å². The van der Waals surface area contributed by atoms with E-state index >= 15 is 0 Å². The van der Waals surface area contributed by atoms with Crippen molar-refractivity contribution in [3.63, 3.8) is 0 Å². The van der Waals surface area contributed by atoms with E-state index in [-0.39, 0.29) is 23.1 Å². The fourth-order valence-electron chi connectivity index (χ4n) is 1.60. The zero-order valence-corrected chi connectivity index (χ0v) is 14.4. The number of halogens is 5. The third-order valence-electron chi connectivity index (χ3n) is 2.73. The van der Waals surface area contributed by atoms with E-state index in [1.165, 1.54) is 0 Å². The van der Waals surface area contributed by atoms with Crippen molar-refractivity contribution in [1.29, 1.82) is 0 Å². The summed E-state index contributed by atoms with van der Waals surface area (Å²) in [5.41, 5.74) is -1.17. The molecule has 0 heterocycles. The van der Waals surface area contributed by atoms with E-state index in [0.717, 1.165) is 24.3 Å². The quantitative estimate of drug-likeness (QED) is 0.385. The Hall–Kier alpha value is -2.59. The lowest BCUT2D eigenvalue weighted by Crippen LogP contribution is -1.99. The largest absolute Gasteiger partial charge is 0.486 e. The highest BCUT2D eigenvalue weighted by molar-refractivity contribution is 6.32. The summed E-state index contributed by atoms with van der Waals surface area (Å²) in [6.07, 6.45) is 0. The summed E-state index contributed by atoms with van der Waals surface area (Å²) in [5.74, 6) is -3.32. The van der Waals surface area contributed by atoms with E-state index < -0.39 is 38.0 Å². The van der Waals surface area contributed by atoms with E-state index in [0.29, 0.717) is 0 Å². The Balaban J connectivity index is 0.000000263. The molecule has 0 atom stereocenters. The van der Waals surface area contributed by atoms with Gasteiger partial charge in [-0.2, -0.15) is 4.39 Å². The Morgan fingerprint density at radius 2 is 1.38 bits per heavy atom. The highest BCUT2D eigenvalue weighted by atomic mass is 35.5. The van der Waals surface area contributed by atoms with E-state index in [4.69, 9.17) is 27.9 Å². The molecule has 26 heavy (non-hydrogen) atoms. The lowest BCUT2D eigenvalue weighted by Gasteiger charge is -2.06. The van der Waals surface area contributed by atoms with Crippen LogP contribution in [0.2, 0.25) is 10.0 Å². The van der Waals surface area contributed by atoms with Gasteiger partial charge in [-0.25, -0.2) is 8.78 Å². The molecule has 140 valence electrons. The van der Waals surface area contributed by atoms with Gasteiger partial charge in [0.2, 0.25) is 11.6 Å². The van der Waals surface area contributed by atoms with Gasteiger partial charge in [0, 0.05) is 12.1 Å². The van der Waals surface area contributed by atoms with Gasteiger partial charge in [-0.3, -0.25) is 20.2 Å². The molecule has 0 saturated heterocycles. The molecule has 0 aliphatic carbocycles. The van der Waals surface area contributed by atoms with Gasteiger partial charge in [0.15, 0.2) is 0 Å². The number of hydrogen-bond acceptors (Lipinski definition) is 5. The first-order chi connectivity index (χ1) is 12.1. The molecular weight excluding hydrogens is 404 g/mol. The van der Waals surface area contributed by atoms with E-state index in [2.05, 4.69) is 0 Å². The maximum absolute atomic E-state index is 12.9. The van der Waals surface area contributed by atoms with Crippen LogP contribution in [0.1, 0.15) is 6.92 Å². The van der Waals surface area contributed by atoms with Crippen LogP contribution in [0.15, 0.2) is 24.3 Å². The molecule has 0 spiro atoms. The molecule has 0 radical (unpaired) electrons. The van der Waals surface area contributed by atoms with Crippen molar-refractivity contribution in [2.75, 3.05) is 6.61 Å². The van der Waals surface area contributed by atoms with Gasteiger partial charge >= 0.3 is 11.4 Å². The van der Waals surface area contributed by atoms with E-state index in [9.17, 15) is 33.4 Å². The minimum atomic E-state index is -1.35. The lowest BCUT2D eigenvalue weighted by molar-refractivity contribution is -0.387. The maximum Gasteiger partial charge on any atom is 0.312 e. The molecule has 0 unspecified atom stereocenters. The predicted molar refractivity (Wildman–Crippen MR) is 87.3 cm³/mol. The number of rotatable bonds is 4. The molecular formula is C14H9Cl2F3N2O5. The Bertz CT molecular complexity index is 852. The lowest BCUT2D eigenvalue weighted by atomic mass is 10.3. The first kappa shape index (κ1) is 21.5. The summed E-state index contributed by atoms with van der Waals surface area (Å²) in [6.45, 7) is 1.81. The smallest absolute Gasteiger partial charge is 0.312 e. The Morgan fingerprint density at radius 1 is 0.923 bits per heavy atom. The normalized spacial score (nSPS) is 9.92. The van der Waals surface area contributed by atoms with Crippen molar-refractivity contribution < 1.29 is 27.8 Å². The first-order valence-corrected chi connectivity index (χ1v) is 7.40. The Morgan fingerprint density at radius 3 is 1.85 bits per heavy atom. The fourth-order valence-corrected chi connectivity index (χ4v) is 1.98. The van der Waals surface area contributed by atoms with Gasteiger partial charge in [0.1, 0.15) is 21.7 Å². The number of nitrogens with zero attached hydrogens (tertiary/aromatic N) is 2. The molecule has 0 amide bonds. The van der Waals surface area contributed by atoms with Crippen molar-refractivity contribution in [2.24, 2.45) is 0 Å². The molecule has 0 saturated carbocycles. The molecule has 7 nitrogen and oxygen atoms in total. The summed E-state index contributed by atoms with van der Waals surface area (Å²) in [7, 11) is 0. The molecule has 0 bridgehead atoms. The second-order valence-corrected chi connectivity index (χ2v) is 5.11. The summed E-state index contributed by atoms with van der Waals surface area (Å²) in [4.78, 5) is 18.9. The molecule has 0 aliphatic heterocycles. The molecule has 12 heteroatoms. The van der Waals surface area contributed by atoms with Gasteiger partial charge in [-0.1, -0.05) is 23.2 Å². The third-order valence-corrected chi connectivity index (χ3v) is 3.42. The summed E-state index contributed by atoms with van der Waals surface area (Å²) in [6, 6.07) is 3.41. The van der Waals surface area contributed by atoms with Gasteiger partial charge in [-0.05, 0) is 19.1 Å². The van der Waals surface area contributed by atoms with Crippen LogP contribution in [0.25, 0.3) is 0 Å². The minimum absolute atomic E-state index is 0.185. The van der Waals surface area contributed by atoms with Gasteiger partial charge in [0.05, 0.1) is 16.5 Å². The zero-order valence-electron chi connectivity index (χ0n) is 12.8. The fraction of sp³-hybridized carbons (Fsp3) is 0.143. The average Bonchev–Trinajstić information content (AvgIpc) is 2.57. The SMILES string of the molecule is CCOc1c([N+](=O)[O-])ccc(F)c1Cl.O=[N+]([O-])c1ccc(F)c(Cl)c1F. The van der Waals surface area contributed by atoms with Gasteiger partial charge in [0.25, 0.3) is 0 Å². The molecule has 2 aromatic rings. The second-order valence-electron chi connectivity index (χ2n) is 4.35. The van der Waals surface area contributed by atoms with Crippen LogP contribution in [0.4, 0.5) is 24.5 Å². The predicted octanol–water partition coefficient (Wildman–Crippen LogP) is 5.31. The van der Waals surface area contributed by atoms with Crippen molar-refractivity contribution in [3.8, 4) is 5.75 Å². The van der Waals surface area contributed by atoms with Crippen LogP contribution in [-0.4, -0.2) is 16.5 Å². The number of benzene rings is 2. The van der Waals surface area contributed by atoms with Gasteiger partial charge < -0.3 is 4.74 Å². The average molecular weight is 413 g/mol. The number of hydrogen-bond donors (Lipinski definition) is 0. The first-order valence-electron chi connectivity index (χ1n) is 6.64. The molecule has 0 N–H and O–H groups in total. The van der Waals surface area contributed by atoms with Crippen LogP contribution < -0.4 is 4.74 Å². The van der Waals surface area contributed by atoms with E-state index in [1.54, 1.807) is 6.92 Å². The maximum atomic E-state index is 12.9. The van der Waals surface area contributed by atoms with Crippen LogP contribution in [0.5, 0.6) is 5.75 Å². The highest BCUT2D eigenvalue weighted by Gasteiger charge is 2.21. The Kier molecular flexibility index (Phi) is 7.59. The van der Waals surface area contributed by atoms with Crippen LogP contribution in [0, 0.1) is 37.7 Å². The number of ether oxygens (including phenoxy) is 1. The van der Waals surface area contributed by atoms with Gasteiger partial charge in [-0.15, -0.1) is 0 Å². The topological polar surface area (TPSA) is 95.5 Å². The van der Waals surface area contributed by atoms with Crippen molar-refractivity contribution in [3.05, 3.63) is 72.0 Å². The summed E-state index contributed by atoms with van der Waals surface area (Å²) in [5, 5.41) is 19.4. The van der Waals surface area contributed by atoms with Crippen LogP contribution in [0.3, 0.4) is 0 Å². The Labute approximate surface area is 154 Å². The third kappa shape index (κ3) is 4.96. The molecule has 0 fully saturated rings. The highest BCUT2D eigenvalue weighted by Crippen LogP contribution is 2.36. The monoisotopic (exact) mass is 412 g/mol. The summed E-state index contributed by atoms with van der Waals surface area (Å²) < 4.78 is 42.9. The van der Waals surface area contributed by atoms with Crippen molar-refractivity contribution in [2.45, 2.75) is 6.92 Å². The molecule has 2 aromatic carbocycles. The molecule has 0 aliphatic rings. The second kappa shape index (κ2) is 9.20. The number of nitro benzene ring substituents is 2. The summed E-state index contributed by atoms with van der Waals surface area (Å²) >= 11 is 10.6. The van der Waals surface area contributed by atoms with Crippen LogP contribution >= 0.6 is 23.2 Å². The standard InChI is InChI=1S/C8H7ClFNO3.C6H2ClF2NO2/c1-2-14-8-6(11(12)13)4-3-5(10)7(8)9;7-5-3(8)1-2-4(6(5)9)10(11)12/h3-4H,2H2,1H3;1-2H. The molecule has 0 aromatic heterocycles. The number of nitro groups is 2. The van der Waals surface area contributed by atoms with Crippen LogP contribution in [-0.2, 0) is 0 Å². The zero-order chi connectivity index (χ0) is 20.0. The minimum Gasteiger partial charge on any atom is -0.486 e. The van der Waals surface area contributed by atoms with Crippen molar-refractivity contribution in [1.82, 2.24) is 0 Å².